The van der Waals surface area contributed by atoms with Crippen LogP contribution < -0.4 is 5.32 Å². The molecule has 1 aromatic rings. The molecule has 2 rings (SSSR count). The van der Waals surface area contributed by atoms with Crippen molar-refractivity contribution in [1.82, 2.24) is 5.32 Å². The van der Waals surface area contributed by atoms with E-state index in [2.05, 4.69) is 5.32 Å². The first-order chi connectivity index (χ1) is 10.3. The van der Waals surface area contributed by atoms with E-state index in [0.29, 0.717) is 18.6 Å². The Morgan fingerprint density at radius 2 is 2.23 bits per heavy atom. The van der Waals surface area contributed by atoms with E-state index >= 15 is 0 Å². The Bertz CT molecular complexity index is 546. The van der Waals surface area contributed by atoms with Gasteiger partial charge in [-0.1, -0.05) is 26.0 Å². The fourth-order valence-electron chi connectivity index (χ4n) is 2.90. The number of amides is 1. The summed E-state index contributed by atoms with van der Waals surface area (Å²) in [6.45, 7) is 6.59. The van der Waals surface area contributed by atoms with Crippen LogP contribution in [0.25, 0.3) is 0 Å². The van der Waals surface area contributed by atoms with E-state index in [1.807, 2.05) is 20.8 Å². The van der Waals surface area contributed by atoms with Crippen LogP contribution in [0.15, 0.2) is 24.3 Å². The molecule has 1 aliphatic carbocycles. The third-order valence-corrected chi connectivity index (χ3v) is 4.73. The molecule has 0 aromatic heterocycles. The summed E-state index contributed by atoms with van der Waals surface area (Å²) in [4.78, 5) is 12.0. The molecular formula is C17H24FNO3. The number of aliphatic hydroxyl groups is 1. The van der Waals surface area contributed by atoms with Gasteiger partial charge in [-0.05, 0) is 24.6 Å². The average Bonchev–Trinajstić information content (AvgIpc) is 2.45. The molecular weight excluding hydrogens is 285 g/mol. The Hall–Kier alpha value is -1.46. The Labute approximate surface area is 130 Å². The van der Waals surface area contributed by atoms with Crippen molar-refractivity contribution in [3.63, 3.8) is 0 Å². The molecule has 1 amide bonds. The highest BCUT2D eigenvalue weighted by molar-refractivity contribution is 5.78. The van der Waals surface area contributed by atoms with E-state index in [9.17, 15) is 14.3 Å². The van der Waals surface area contributed by atoms with Crippen molar-refractivity contribution in [2.24, 2.45) is 5.41 Å². The van der Waals surface area contributed by atoms with E-state index in [1.165, 1.54) is 12.1 Å². The van der Waals surface area contributed by atoms with Crippen LogP contribution >= 0.6 is 0 Å². The predicted octanol–water partition coefficient (Wildman–Crippen LogP) is 2.05. The number of carbonyl (C=O) groups excluding carboxylic acids is 1. The molecule has 0 radical (unpaired) electrons. The van der Waals surface area contributed by atoms with E-state index in [4.69, 9.17) is 4.74 Å². The van der Waals surface area contributed by atoms with Crippen molar-refractivity contribution in [1.29, 1.82) is 0 Å². The molecule has 1 aromatic carbocycles. The SMILES string of the molecule is CCO[C@H]1C[C@@](O)(CNC(=O)Cc2cccc(F)c2)C1(C)C. The highest BCUT2D eigenvalue weighted by atomic mass is 19.1. The minimum atomic E-state index is -0.968. The van der Waals surface area contributed by atoms with Crippen LogP contribution in [0.5, 0.6) is 0 Å². The first kappa shape index (κ1) is 16.9. The van der Waals surface area contributed by atoms with Crippen LogP contribution in [0.2, 0.25) is 0 Å². The first-order valence-electron chi connectivity index (χ1n) is 7.63. The van der Waals surface area contributed by atoms with Gasteiger partial charge in [0.25, 0.3) is 0 Å². The lowest BCUT2D eigenvalue weighted by molar-refractivity contribution is -0.238. The highest BCUT2D eigenvalue weighted by Crippen LogP contribution is 2.50. The Morgan fingerprint density at radius 1 is 1.50 bits per heavy atom. The molecule has 4 nitrogen and oxygen atoms in total. The second-order valence-corrected chi connectivity index (χ2v) is 6.48. The van der Waals surface area contributed by atoms with Gasteiger partial charge in [0.1, 0.15) is 5.82 Å². The van der Waals surface area contributed by atoms with E-state index in [-0.39, 0.29) is 30.8 Å². The molecule has 1 fully saturated rings. The average molecular weight is 309 g/mol. The van der Waals surface area contributed by atoms with Crippen molar-refractivity contribution in [2.45, 2.75) is 45.3 Å². The third-order valence-electron chi connectivity index (χ3n) is 4.73. The summed E-state index contributed by atoms with van der Waals surface area (Å²) < 4.78 is 18.7. The highest BCUT2D eigenvalue weighted by Gasteiger charge is 2.59. The van der Waals surface area contributed by atoms with Gasteiger partial charge < -0.3 is 15.2 Å². The number of ether oxygens (including phenoxy) is 1. The lowest BCUT2D eigenvalue weighted by atomic mass is 9.56. The van der Waals surface area contributed by atoms with Crippen LogP contribution in [0.3, 0.4) is 0 Å². The maximum atomic E-state index is 13.1. The summed E-state index contributed by atoms with van der Waals surface area (Å²) in [6, 6.07) is 5.96. The molecule has 2 N–H and O–H groups in total. The molecule has 0 aliphatic heterocycles. The molecule has 0 spiro atoms. The van der Waals surface area contributed by atoms with Crippen LogP contribution in [0.4, 0.5) is 4.39 Å². The molecule has 0 heterocycles. The first-order valence-corrected chi connectivity index (χ1v) is 7.63. The fraction of sp³-hybridized carbons (Fsp3) is 0.588. The normalized spacial score (nSPS) is 26.3. The number of rotatable bonds is 6. The van der Waals surface area contributed by atoms with E-state index < -0.39 is 11.0 Å². The molecule has 1 aliphatic rings. The molecule has 1 saturated carbocycles. The van der Waals surface area contributed by atoms with Gasteiger partial charge in [-0.15, -0.1) is 0 Å². The Balaban J connectivity index is 1.86. The molecule has 0 unspecified atom stereocenters. The zero-order valence-electron chi connectivity index (χ0n) is 13.4. The van der Waals surface area contributed by atoms with Crippen molar-refractivity contribution in [3.05, 3.63) is 35.6 Å². The second kappa shape index (κ2) is 6.34. The molecule has 22 heavy (non-hydrogen) atoms. The smallest absolute Gasteiger partial charge is 0.224 e. The van der Waals surface area contributed by atoms with Crippen molar-refractivity contribution in [2.75, 3.05) is 13.2 Å². The van der Waals surface area contributed by atoms with Gasteiger partial charge in [0, 0.05) is 25.0 Å². The molecule has 2 atom stereocenters. The van der Waals surface area contributed by atoms with Gasteiger partial charge >= 0.3 is 0 Å². The van der Waals surface area contributed by atoms with Gasteiger partial charge in [0.15, 0.2) is 0 Å². The van der Waals surface area contributed by atoms with E-state index in [1.54, 1.807) is 12.1 Å². The Kier molecular flexibility index (Phi) is 4.87. The molecule has 0 saturated heterocycles. The van der Waals surface area contributed by atoms with Gasteiger partial charge in [-0.3, -0.25) is 4.79 Å². The number of benzene rings is 1. The summed E-state index contributed by atoms with van der Waals surface area (Å²) in [7, 11) is 0. The standard InChI is InChI=1S/C17H24FNO3/c1-4-22-14-10-17(21,16(14,2)3)11-19-15(20)9-12-6-5-7-13(18)8-12/h5-8,14,21H,4,9-11H2,1-3H3,(H,19,20)/t14-,17+/m0/s1. The third kappa shape index (κ3) is 3.31. The summed E-state index contributed by atoms with van der Waals surface area (Å²) >= 11 is 0. The predicted molar refractivity (Wildman–Crippen MR) is 81.9 cm³/mol. The van der Waals surface area contributed by atoms with Crippen molar-refractivity contribution < 1.29 is 19.0 Å². The van der Waals surface area contributed by atoms with E-state index in [0.717, 1.165) is 0 Å². The van der Waals surface area contributed by atoms with Crippen molar-refractivity contribution in [3.8, 4) is 0 Å². The van der Waals surface area contributed by atoms with Crippen LogP contribution in [-0.4, -0.2) is 35.9 Å². The minimum Gasteiger partial charge on any atom is -0.387 e. The quantitative estimate of drug-likeness (QED) is 0.845. The van der Waals surface area contributed by atoms with Crippen LogP contribution in [0, 0.1) is 11.2 Å². The van der Waals surface area contributed by atoms with Crippen LogP contribution in [-0.2, 0) is 16.0 Å². The lowest BCUT2D eigenvalue weighted by Gasteiger charge is -2.57. The van der Waals surface area contributed by atoms with Gasteiger partial charge in [0.05, 0.1) is 18.1 Å². The largest absolute Gasteiger partial charge is 0.387 e. The number of carbonyl (C=O) groups is 1. The topological polar surface area (TPSA) is 58.6 Å². The monoisotopic (exact) mass is 309 g/mol. The zero-order valence-corrected chi connectivity index (χ0v) is 13.4. The zero-order chi connectivity index (χ0) is 16.4. The number of hydrogen-bond acceptors (Lipinski definition) is 3. The number of nitrogens with one attached hydrogen (secondary N) is 1. The van der Waals surface area contributed by atoms with Gasteiger partial charge in [0.2, 0.25) is 5.91 Å². The van der Waals surface area contributed by atoms with Gasteiger partial charge in [-0.2, -0.15) is 0 Å². The fourth-order valence-corrected chi connectivity index (χ4v) is 2.90. The minimum absolute atomic E-state index is 0.00243. The number of hydrogen-bond donors (Lipinski definition) is 2. The summed E-state index contributed by atoms with van der Waals surface area (Å²) in [5, 5.41) is 13.4. The van der Waals surface area contributed by atoms with Crippen molar-refractivity contribution >= 4 is 5.91 Å². The summed E-state index contributed by atoms with van der Waals surface area (Å²) in [5.41, 5.74) is -0.760. The molecule has 5 heteroatoms. The summed E-state index contributed by atoms with van der Waals surface area (Å²) in [6.07, 6.45) is 0.611. The van der Waals surface area contributed by atoms with Gasteiger partial charge in [-0.25, -0.2) is 4.39 Å². The molecule has 122 valence electrons. The maximum Gasteiger partial charge on any atom is 0.224 e. The van der Waals surface area contributed by atoms with Crippen LogP contribution in [0.1, 0.15) is 32.8 Å². The number of halogens is 1. The Morgan fingerprint density at radius 3 is 2.82 bits per heavy atom. The lowest BCUT2D eigenvalue weighted by Crippen LogP contribution is -2.68. The molecule has 0 bridgehead atoms. The summed E-state index contributed by atoms with van der Waals surface area (Å²) in [5.74, 6) is -0.585. The second-order valence-electron chi connectivity index (χ2n) is 6.48. The maximum absolute atomic E-state index is 13.1.